The molecule has 0 aliphatic carbocycles. The molecular formula is C24H26FN3OS. The number of hydrogen-bond acceptors (Lipinski definition) is 3. The average molecular weight is 424 g/mol. The summed E-state index contributed by atoms with van der Waals surface area (Å²) in [4.78, 5) is 19.7. The third kappa shape index (κ3) is 4.24. The number of hydrogen-bond donors (Lipinski definition) is 0. The van der Waals surface area contributed by atoms with Crippen LogP contribution in [0, 0.1) is 19.7 Å². The van der Waals surface area contributed by atoms with Crippen LogP contribution in [0.1, 0.15) is 30.4 Å². The summed E-state index contributed by atoms with van der Waals surface area (Å²) in [5, 5.41) is 1.98. The van der Waals surface area contributed by atoms with Crippen LogP contribution in [0.4, 0.5) is 10.1 Å². The van der Waals surface area contributed by atoms with Gasteiger partial charge < -0.3 is 9.47 Å². The van der Waals surface area contributed by atoms with Gasteiger partial charge in [0.05, 0.1) is 11.4 Å². The number of nitrogens with zero attached hydrogens (tertiary/aromatic N) is 3. The van der Waals surface area contributed by atoms with E-state index in [1.54, 1.807) is 12.1 Å². The molecule has 2 aromatic carbocycles. The van der Waals surface area contributed by atoms with Gasteiger partial charge in [0.15, 0.2) is 4.80 Å². The number of carbonyl (C=O) groups excluding carboxylic acids is 1. The van der Waals surface area contributed by atoms with Crippen molar-refractivity contribution in [2.45, 2.75) is 39.7 Å². The minimum absolute atomic E-state index is 0.236. The maximum Gasteiger partial charge on any atom is 0.222 e. The first-order valence-electron chi connectivity index (χ1n) is 10.4. The van der Waals surface area contributed by atoms with E-state index >= 15 is 0 Å². The zero-order chi connectivity index (χ0) is 21.1. The summed E-state index contributed by atoms with van der Waals surface area (Å²) in [6.07, 6.45) is 2.40. The van der Waals surface area contributed by atoms with Gasteiger partial charge in [-0.05, 0) is 49.9 Å². The summed E-state index contributed by atoms with van der Waals surface area (Å²) in [6.45, 7) is 6.36. The summed E-state index contributed by atoms with van der Waals surface area (Å²) in [6, 6.07) is 13.0. The van der Waals surface area contributed by atoms with Gasteiger partial charge in [0.1, 0.15) is 5.82 Å². The van der Waals surface area contributed by atoms with Crippen molar-refractivity contribution < 1.29 is 9.18 Å². The van der Waals surface area contributed by atoms with Crippen molar-refractivity contribution in [2.75, 3.05) is 13.1 Å². The third-order valence-electron chi connectivity index (χ3n) is 5.58. The lowest BCUT2D eigenvalue weighted by atomic mass is 10.1. The highest BCUT2D eigenvalue weighted by Crippen LogP contribution is 2.26. The zero-order valence-electron chi connectivity index (χ0n) is 17.4. The quantitative estimate of drug-likeness (QED) is 0.536. The maximum atomic E-state index is 14.5. The Morgan fingerprint density at radius 2 is 1.83 bits per heavy atom. The Morgan fingerprint density at radius 1 is 1.07 bits per heavy atom. The van der Waals surface area contributed by atoms with Gasteiger partial charge in [-0.3, -0.25) is 4.79 Å². The van der Waals surface area contributed by atoms with Crippen molar-refractivity contribution in [2.24, 2.45) is 4.99 Å². The van der Waals surface area contributed by atoms with Crippen molar-refractivity contribution in [3.63, 3.8) is 0 Å². The van der Waals surface area contributed by atoms with Crippen molar-refractivity contribution in [1.82, 2.24) is 9.47 Å². The second-order valence-electron chi connectivity index (χ2n) is 7.73. The van der Waals surface area contributed by atoms with Gasteiger partial charge in [-0.15, -0.1) is 11.3 Å². The number of benzene rings is 2. The highest BCUT2D eigenvalue weighted by atomic mass is 32.1. The largest absolute Gasteiger partial charge is 0.343 e. The first kappa shape index (κ1) is 20.5. The van der Waals surface area contributed by atoms with Crippen LogP contribution in [0.2, 0.25) is 0 Å². The maximum absolute atomic E-state index is 14.5. The normalized spacial score (nSPS) is 14.7. The fourth-order valence-corrected chi connectivity index (χ4v) is 4.89. The van der Waals surface area contributed by atoms with Crippen LogP contribution >= 0.6 is 11.3 Å². The van der Waals surface area contributed by atoms with Crippen LogP contribution in [0.25, 0.3) is 11.3 Å². The molecule has 0 bridgehead atoms. The Balaban J connectivity index is 1.72. The molecule has 30 heavy (non-hydrogen) atoms. The predicted molar refractivity (Wildman–Crippen MR) is 119 cm³/mol. The number of para-hydroxylation sites is 1. The van der Waals surface area contributed by atoms with Gasteiger partial charge in [-0.1, -0.05) is 30.3 Å². The highest BCUT2D eigenvalue weighted by Gasteiger charge is 2.20. The van der Waals surface area contributed by atoms with Gasteiger partial charge >= 0.3 is 0 Å². The second-order valence-corrected chi connectivity index (χ2v) is 8.56. The van der Waals surface area contributed by atoms with E-state index in [2.05, 4.69) is 30.5 Å². The summed E-state index contributed by atoms with van der Waals surface area (Å²) < 4.78 is 16.6. The molecule has 3 aromatic rings. The van der Waals surface area contributed by atoms with Crippen LogP contribution < -0.4 is 4.80 Å². The molecular weight excluding hydrogens is 397 g/mol. The topological polar surface area (TPSA) is 37.6 Å². The van der Waals surface area contributed by atoms with Crippen LogP contribution in [0.15, 0.2) is 52.8 Å². The Labute approximate surface area is 180 Å². The van der Waals surface area contributed by atoms with Crippen molar-refractivity contribution in [3.8, 4) is 11.3 Å². The Hall–Kier alpha value is -2.73. The number of thiazole rings is 1. The standard InChI is InChI=1S/C24H26FN3OS/c1-17-8-5-9-18(2)23(17)26-24-28(15-7-14-27-13-6-12-22(27)29)21(16-30-24)19-10-3-4-11-20(19)25/h3-5,8-11,16H,6-7,12-15H2,1-2H3. The van der Waals surface area contributed by atoms with Gasteiger partial charge in [0.25, 0.3) is 0 Å². The zero-order valence-corrected chi connectivity index (χ0v) is 18.2. The minimum Gasteiger partial charge on any atom is -0.343 e. The Morgan fingerprint density at radius 3 is 2.53 bits per heavy atom. The minimum atomic E-state index is -0.239. The summed E-state index contributed by atoms with van der Waals surface area (Å²) in [5.74, 6) is -0.00233. The van der Waals surface area contributed by atoms with E-state index in [0.717, 1.165) is 53.2 Å². The molecule has 1 amide bonds. The van der Waals surface area contributed by atoms with Crippen molar-refractivity contribution in [3.05, 3.63) is 69.6 Å². The molecule has 1 aliphatic heterocycles. The van der Waals surface area contributed by atoms with Crippen molar-refractivity contribution >= 4 is 22.9 Å². The summed E-state index contributed by atoms with van der Waals surface area (Å²) in [7, 11) is 0. The molecule has 1 aliphatic rings. The van der Waals surface area contributed by atoms with Crippen LogP contribution in [0.5, 0.6) is 0 Å². The lowest BCUT2D eigenvalue weighted by Gasteiger charge is -2.16. The number of likely N-dealkylation sites (tertiary alicyclic amines) is 1. The summed E-state index contributed by atoms with van der Waals surface area (Å²) in [5.41, 5.74) is 4.60. The number of halogens is 1. The molecule has 156 valence electrons. The molecule has 1 fully saturated rings. The fraction of sp³-hybridized carbons (Fsp3) is 0.333. The first-order chi connectivity index (χ1) is 14.5. The number of amides is 1. The lowest BCUT2D eigenvalue weighted by molar-refractivity contribution is -0.127. The first-order valence-corrected chi connectivity index (χ1v) is 11.2. The molecule has 0 atom stereocenters. The van der Waals surface area contributed by atoms with E-state index in [0.29, 0.717) is 18.5 Å². The predicted octanol–water partition coefficient (Wildman–Crippen LogP) is 5.22. The lowest BCUT2D eigenvalue weighted by Crippen LogP contribution is -2.27. The molecule has 6 heteroatoms. The van der Waals surface area contributed by atoms with E-state index in [9.17, 15) is 9.18 Å². The monoisotopic (exact) mass is 423 g/mol. The van der Waals surface area contributed by atoms with Crippen LogP contribution in [0.3, 0.4) is 0 Å². The number of aromatic nitrogens is 1. The molecule has 2 heterocycles. The average Bonchev–Trinajstić information content (AvgIpc) is 3.32. The Kier molecular flexibility index (Phi) is 6.13. The number of aryl methyl sites for hydroxylation is 2. The van der Waals surface area contributed by atoms with Crippen molar-refractivity contribution in [1.29, 1.82) is 0 Å². The molecule has 0 saturated carbocycles. The highest BCUT2D eigenvalue weighted by molar-refractivity contribution is 7.07. The Bertz CT molecular complexity index is 1110. The van der Waals surface area contributed by atoms with Crippen LogP contribution in [-0.2, 0) is 11.3 Å². The van der Waals surface area contributed by atoms with Gasteiger partial charge in [0.2, 0.25) is 5.91 Å². The molecule has 4 nitrogen and oxygen atoms in total. The summed E-state index contributed by atoms with van der Waals surface area (Å²) >= 11 is 1.52. The number of carbonyl (C=O) groups is 1. The van der Waals surface area contributed by atoms with Gasteiger partial charge in [-0.25, -0.2) is 9.38 Å². The molecule has 0 unspecified atom stereocenters. The van der Waals surface area contributed by atoms with E-state index < -0.39 is 0 Å². The van der Waals surface area contributed by atoms with E-state index in [1.165, 1.54) is 17.4 Å². The molecule has 1 saturated heterocycles. The molecule has 0 radical (unpaired) electrons. The third-order valence-corrected chi connectivity index (χ3v) is 6.44. The van der Waals surface area contributed by atoms with E-state index in [-0.39, 0.29) is 11.7 Å². The van der Waals surface area contributed by atoms with Gasteiger partial charge in [-0.2, -0.15) is 0 Å². The second kappa shape index (κ2) is 8.96. The molecule has 4 rings (SSSR count). The van der Waals surface area contributed by atoms with Crippen LogP contribution in [-0.4, -0.2) is 28.5 Å². The molecule has 1 aromatic heterocycles. The van der Waals surface area contributed by atoms with Gasteiger partial charge in [0, 0.05) is 37.0 Å². The molecule has 0 spiro atoms. The smallest absolute Gasteiger partial charge is 0.222 e. The van der Waals surface area contributed by atoms with E-state index in [1.807, 2.05) is 22.4 Å². The molecule has 0 N–H and O–H groups in total. The number of rotatable bonds is 6. The SMILES string of the molecule is Cc1cccc(C)c1N=c1scc(-c2ccccc2F)n1CCCN1CCCC1=O. The fourth-order valence-electron chi connectivity index (χ4n) is 3.96. The van der Waals surface area contributed by atoms with E-state index in [4.69, 9.17) is 4.99 Å².